The van der Waals surface area contributed by atoms with Gasteiger partial charge in [-0.3, -0.25) is 0 Å². The molecule has 0 saturated heterocycles. The minimum Gasteiger partial charge on any atom is -0.512 e. The molecule has 1 nitrogen and oxygen atoms in total. The molecule has 1 rings (SSSR count). The molecule has 1 aliphatic carbocycles. The molecule has 1 N–H and O–H groups in total. The molecule has 0 aliphatic heterocycles. The van der Waals surface area contributed by atoms with E-state index in [0.29, 0.717) is 12.2 Å². The second-order valence-electron chi connectivity index (χ2n) is 2.31. The maximum absolute atomic E-state index is 8.96. The average molecular weight is 145 g/mol. The van der Waals surface area contributed by atoms with Crippen LogP contribution in [0.1, 0.15) is 13.3 Å². The van der Waals surface area contributed by atoms with Crippen molar-refractivity contribution in [2.45, 2.75) is 13.3 Å². The van der Waals surface area contributed by atoms with E-state index < -0.39 is 0 Å². The molecule has 1 atom stereocenters. The maximum Gasteiger partial charge on any atom is 0.0929 e. The number of hydrogen-bond donors (Lipinski definition) is 1. The Morgan fingerprint density at radius 3 is 2.78 bits per heavy atom. The number of allylic oxidation sites excluding steroid dienone is 4. The van der Waals surface area contributed by atoms with E-state index in [-0.39, 0.29) is 5.92 Å². The van der Waals surface area contributed by atoms with Crippen molar-refractivity contribution in [3.63, 3.8) is 0 Å². The molecule has 0 aromatic heterocycles. The Kier molecular flexibility index (Phi) is 1.81. The highest BCUT2D eigenvalue weighted by atomic mass is 35.5. The molecule has 0 saturated carbocycles. The summed E-state index contributed by atoms with van der Waals surface area (Å²) in [5.74, 6) is 0.712. The number of halogens is 1. The van der Waals surface area contributed by atoms with Crippen LogP contribution in [0.15, 0.2) is 22.9 Å². The van der Waals surface area contributed by atoms with E-state index in [9.17, 15) is 0 Å². The van der Waals surface area contributed by atoms with Crippen LogP contribution in [-0.2, 0) is 0 Å². The minimum absolute atomic E-state index is 0.289. The molecule has 0 spiro atoms. The number of aliphatic hydroxyl groups excluding tert-OH is 1. The summed E-state index contributed by atoms with van der Waals surface area (Å²) >= 11 is 5.74. The van der Waals surface area contributed by atoms with E-state index in [1.807, 2.05) is 6.92 Å². The molecule has 0 heterocycles. The molecule has 0 fully saturated rings. The fourth-order valence-corrected chi connectivity index (χ4v) is 0.959. The van der Waals surface area contributed by atoms with E-state index >= 15 is 0 Å². The summed E-state index contributed by atoms with van der Waals surface area (Å²) in [5.41, 5.74) is 0. The zero-order valence-electron chi connectivity index (χ0n) is 5.26. The molecule has 0 radical (unpaired) electrons. The van der Waals surface area contributed by atoms with Crippen LogP contribution in [0.5, 0.6) is 0 Å². The maximum atomic E-state index is 8.96. The third-order valence-electron chi connectivity index (χ3n) is 1.42. The third kappa shape index (κ3) is 1.49. The zero-order chi connectivity index (χ0) is 6.85. The first-order valence-electron chi connectivity index (χ1n) is 2.95. The lowest BCUT2D eigenvalue weighted by molar-refractivity contribution is 0.368. The predicted molar refractivity (Wildman–Crippen MR) is 38.4 cm³/mol. The van der Waals surface area contributed by atoms with E-state index in [4.69, 9.17) is 16.7 Å². The molecule has 0 aromatic carbocycles. The lowest BCUT2D eigenvalue weighted by Crippen LogP contribution is -2.00. The molecule has 2 heteroatoms. The monoisotopic (exact) mass is 144 g/mol. The van der Waals surface area contributed by atoms with Gasteiger partial charge in [-0.2, -0.15) is 0 Å². The molecule has 0 amide bonds. The van der Waals surface area contributed by atoms with Gasteiger partial charge in [-0.05, 0) is 18.1 Å². The molecule has 0 unspecified atom stereocenters. The van der Waals surface area contributed by atoms with Crippen molar-refractivity contribution in [2.24, 2.45) is 5.92 Å². The van der Waals surface area contributed by atoms with Crippen LogP contribution in [0.4, 0.5) is 0 Å². The van der Waals surface area contributed by atoms with E-state index in [1.165, 1.54) is 0 Å². The topological polar surface area (TPSA) is 20.2 Å². The molecule has 9 heavy (non-hydrogen) atoms. The summed E-state index contributed by atoms with van der Waals surface area (Å²) in [6.07, 6.45) is 4.06. The first-order chi connectivity index (χ1) is 4.20. The molecule has 0 aromatic rings. The Balaban J connectivity index is 2.74. The van der Waals surface area contributed by atoms with Gasteiger partial charge in [-0.15, -0.1) is 0 Å². The highest BCUT2D eigenvalue weighted by molar-refractivity contribution is 6.30. The van der Waals surface area contributed by atoms with Crippen LogP contribution in [0.2, 0.25) is 0 Å². The second-order valence-corrected chi connectivity index (χ2v) is 2.75. The van der Waals surface area contributed by atoms with Crippen molar-refractivity contribution in [2.75, 3.05) is 0 Å². The van der Waals surface area contributed by atoms with Crippen molar-refractivity contribution < 1.29 is 5.11 Å². The summed E-state index contributed by atoms with van der Waals surface area (Å²) in [7, 11) is 0. The Labute approximate surface area is 59.6 Å². The van der Waals surface area contributed by atoms with Crippen molar-refractivity contribution in [1.82, 2.24) is 0 Å². The second kappa shape index (κ2) is 2.44. The summed E-state index contributed by atoms with van der Waals surface area (Å²) in [5, 5.41) is 9.78. The molecule has 1 aliphatic rings. The van der Waals surface area contributed by atoms with Gasteiger partial charge in [0, 0.05) is 11.5 Å². The normalized spacial score (nSPS) is 27.1. The number of hydrogen-bond acceptors (Lipinski definition) is 1. The van der Waals surface area contributed by atoms with Crippen LogP contribution in [0, 0.1) is 5.92 Å². The van der Waals surface area contributed by atoms with Gasteiger partial charge in [-0.1, -0.05) is 18.5 Å². The van der Waals surface area contributed by atoms with Gasteiger partial charge in [0.2, 0.25) is 0 Å². The van der Waals surface area contributed by atoms with Crippen molar-refractivity contribution >= 4 is 11.6 Å². The van der Waals surface area contributed by atoms with Gasteiger partial charge in [0.15, 0.2) is 0 Å². The SMILES string of the molecule is C[C@@H]1CC(O)=CC=C1Cl. The van der Waals surface area contributed by atoms with Gasteiger partial charge in [0.25, 0.3) is 0 Å². The fourth-order valence-electron chi connectivity index (χ4n) is 0.819. The molecule has 0 bridgehead atoms. The van der Waals surface area contributed by atoms with Gasteiger partial charge < -0.3 is 5.11 Å². The predicted octanol–water partition coefficient (Wildman–Crippen LogP) is 2.59. The van der Waals surface area contributed by atoms with Crippen LogP contribution in [-0.4, -0.2) is 5.11 Å². The van der Waals surface area contributed by atoms with Crippen LogP contribution in [0.25, 0.3) is 0 Å². The first-order valence-corrected chi connectivity index (χ1v) is 3.33. The van der Waals surface area contributed by atoms with Gasteiger partial charge >= 0.3 is 0 Å². The van der Waals surface area contributed by atoms with Gasteiger partial charge in [0.1, 0.15) is 0 Å². The lowest BCUT2D eigenvalue weighted by atomic mass is 10.0. The highest BCUT2D eigenvalue weighted by Gasteiger charge is 2.11. The highest BCUT2D eigenvalue weighted by Crippen LogP contribution is 2.25. The van der Waals surface area contributed by atoms with E-state index in [1.54, 1.807) is 12.2 Å². The summed E-state index contributed by atoms with van der Waals surface area (Å²) in [6, 6.07) is 0. The minimum atomic E-state index is 0.289. The zero-order valence-corrected chi connectivity index (χ0v) is 6.02. The third-order valence-corrected chi connectivity index (χ3v) is 1.92. The first kappa shape index (κ1) is 6.69. The number of aliphatic hydroxyl groups is 1. The Morgan fingerprint density at radius 1 is 1.67 bits per heavy atom. The van der Waals surface area contributed by atoms with Crippen LogP contribution < -0.4 is 0 Å². The van der Waals surface area contributed by atoms with Crippen molar-refractivity contribution in [3.05, 3.63) is 22.9 Å². The Morgan fingerprint density at radius 2 is 2.33 bits per heavy atom. The largest absolute Gasteiger partial charge is 0.512 e. The Bertz CT molecular complexity index is 170. The summed E-state index contributed by atoms with van der Waals surface area (Å²) < 4.78 is 0. The van der Waals surface area contributed by atoms with Gasteiger partial charge in [0.05, 0.1) is 5.76 Å². The van der Waals surface area contributed by atoms with Crippen molar-refractivity contribution in [1.29, 1.82) is 0 Å². The average Bonchev–Trinajstić information content (AvgIpc) is 1.80. The fraction of sp³-hybridized carbons (Fsp3) is 0.429. The Hall–Kier alpha value is -0.430. The van der Waals surface area contributed by atoms with Gasteiger partial charge in [-0.25, -0.2) is 0 Å². The van der Waals surface area contributed by atoms with Crippen LogP contribution in [0.3, 0.4) is 0 Å². The van der Waals surface area contributed by atoms with E-state index in [2.05, 4.69) is 0 Å². The molecule has 50 valence electrons. The van der Waals surface area contributed by atoms with Crippen LogP contribution >= 0.6 is 11.6 Å². The van der Waals surface area contributed by atoms with Crippen molar-refractivity contribution in [3.8, 4) is 0 Å². The number of rotatable bonds is 0. The molecular weight excluding hydrogens is 136 g/mol. The quantitative estimate of drug-likeness (QED) is 0.554. The summed E-state index contributed by atoms with van der Waals surface area (Å²) in [4.78, 5) is 0. The lowest BCUT2D eigenvalue weighted by Gasteiger charge is -2.12. The van der Waals surface area contributed by atoms with E-state index in [0.717, 1.165) is 5.03 Å². The molecular formula is C7H9ClO. The smallest absolute Gasteiger partial charge is 0.0929 e. The summed E-state index contributed by atoms with van der Waals surface area (Å²) in [6.45, 7) is 1.99. The standard InChI is InChI=1S/C7H9ClO/c1-5-4-6(9)2-3-7(5)8/h2-3,5,9H,4H2,1H3/t5-/m1/s1.